The zero-order chi connectivity index (χ0) is 14.1. The summed E-state index contributed by atoms with van der Waals surface area (Å²) in [4.78, 5) is 14.6. The van der Waals surface area contributed by atoms with Crippen LogP contribution in [0.25, 0.3) is 10.1 Å². The molecule has 0 radical (unpaired) electrons. The molecule has 0 spiro atoms. The maximum atomic E-state index is 10.8. The molecule has 4 heteroatoms. The second-order valence-corrected chi connectivity index (χ2v) is 6.73. The van der Waals surface area contributed by atoms with E-state index in [-0.39, 0.29) is 0 Å². The summed E-state index contributed by atoms with van der Waals surface area (Å²) in [6.07, 6.45) is 1.30. The molecule has 2 unspecified atom stereocenters. The summed E-state index contributed by atoms with van der Waals surface area (Å²) >= 11 is 1.85. The molecule has 1 aliphatic rings. The predicted molar refractivity (Wildman–Crippen MR) is 82.2 cm³/mol. The first-order chi connectivity index (χ1) is 9.63. The van der Waals surface area contributed by atoms with Crippen molar-refractivity contribution in [3.8, 4) is 0 Å². The van der Waals surface area contributed by atoms with Crippen molar-refractivity contribution >= 4 is 27.4 Å². The van der Waals surface area contributed by atoms with Gasteiger partial charge in [0.1, 0.15) is 0 Å². The van der Waals surface area contributed by atoms with Gasteiger partial charge in [-0.05, 0) is 43.3 Å². The quantitative estimate of drug-likeness (QED) is 0.931. The number of carbonyl (C=O) groups is 1. The molecule has 2 heterocycles. The molecule has 0 aliphatic carbocycles. The number of benzene rings is 1. The number of hydrogen-bond donors (Lipinski definition) is 1. The van der Waals surface area contributed by atoms with Crippen molar-refractivity contribution in [1.29, 1.82) is 0 Å². The Morgan fingerprint density at radius 2 is 2.30 bits per heavy atom. The molecule has 1 aromatic carbocycles. The minimum absolute atomic E-state index is 0.301. The van der Waals surface area contributed by atoms with Crippen molar-refractivity contribution in [2.45, 2.75) is 25.8 Å². The third-order valence-corrected chi connectivity index (χ3v) is 5.47. The van der Waals surface area contributed by atoms with Crippen LogP contribution in [-0.4, -0.2) is 29.1 Å². The molecular formula is C16H19NO2S. The van der Waals surface area contributed by atoms with Crippen molar-refractivity contribution < 1.29 is 9.90 Å². The lowest BCUT2D eigenvalue weighted by atomic mass is 10.1. The van der Waals surface area contributed by atoms with E-state index < -0.39 is 5.97 Å². The minimum Gasteiger partial charge on any atom is -0.481 e. The monoisotopic (exact) mass is 289 g/mol. The van der Waals surface area contributed by atoms with E-state index in [9.17, 15) is 4.79 Å². The van der Waals surface area contributed by atoms with E-state index in [1.165, 1.54) is 15.0 Å². The fraction of sp³-hybridized carbons (Fsp3) is 0.438. The lowest BCUT2D eigenvalue weighted by molar-refractivity contribution is -0.138. The van der Waals surface area contributed by atoms with Crippen LogP contribution in [0.1, 0.15) is 30.7 Å². The summed E-state index contributed by atoms with van der Waals surface area (Å²) in [7, 11) is 0. The Kier molecular flexibility index (Phi) is 3.76. The third-order valence-electron chi connectivity index (χ3n) is 4.18. The minimum atomic E-state index is -0.675. The topological polar surface area (TPSA) is 40.5 Å². The Morgan fingerprint density at radius 3 is 3.05 bits per heavy atom. The lowest BCUT2D eigenvalue weighted by Gasteiger charge is -2.23. The van der Waals surface area contributed by atoms with Crippen molar-refractivity contribution in [2.24, 2.45) is 5.92 Å². The number of likely N-dealkylation sites (tertiary alicyclic amines) is 1. The van der Waals surface area contributed by atoms with E-state index in [0.29, 0.717) is 18.4 Å². The zero-order valence-electron chi connectivity index (χ0n) is 11.6. The number of hydrogen-bond acceptors (Lipinski definition) is 3. The van der Waals surface area contributed by atoms with Gasteiger partial charge in [-0.2, -0.15) is 0 Å². The molecule has 20 heavy (non-hydrogen) atoms. The SMILES string of the molecule is CC(c1cc2ccccc2s1)N1CCC(CC(=O)O)C1. The van der Waals surface area contributed by atoms with Crippen LogP contribution in [0.2, 0.25) is 0 Å². The first-order valence-corrected chi connectivity index (χ1v) is 7.89. The summed E-state index contributed by atoms with van der Waals surface area (Å²) in [5.41, 5.74) is 0. The first-order valence-electron chi connectivity index (χ1n) is 7.08. The highest BCUT2D eigenvalue weighted by Gasteiger charge is 2.28. The molecule has 1 aromatic heterocycles. The summed E-state index contributed by atoms with van der Waals surface area (Å²) in [5.74, 6) is -0.365. The molecule has 3 nitrogen and oxygen atoms in total. The number of fused-ring (bicyclic) bond motifs is 1. The van der Waals surface area contributed by atoms with E-state index in [0.717, 1.165) is 19.5 Å². The van der Waals surface area contributed by atoms with Gasteiger partial charge < -0.3 is 5.11 Å². The van der Waals surface area contributed by atoms with E-state index in [1.807, 2.05) is 11.3 Å². The fourth-order valence-corrected chi connectivity index (χ4v) is 4.17. The van der Waals surface area contributed by atoms with Crippen LogP contribution in [0.15, 0.2) is 30.3 Å². The van der Waals surface area contributed by atoms with Gasteiger partial charge in [-0.15, -0.1) is 11.3 Å². The molecule has 0 amide bonds. The van der Waals surface area contributed by atoms with Crippen LogP contribution in [-0.2, 0) is 4.79 Å². The maximum Gasteiger partial charge on any atom is 0.303 e. The van der Waals surface area contributed by atoms with Crippen LogP contribution < -0.4 is 0 Å². The van der Waals surface area contributed by atoms with Crippen molar-refractivity contribution in [3.05, 3.63) is 35.2 Å². The highest BCUT2D eigenvalue weighted by molar-refractivity contribution is 7.19. The molecule has 1 N–H and O–H groups in total. The molecule has 1 fully saturated rings. The molecule has 0 saturated carbocycles. The standard InChI is InChI=1S/C16H19NO2S/c1-11(17-7-6-12(10-17)8-16(18)19)15-9-13-4-2-3-5-14(13)20-15/h2-5,9,11-12H,6-8,10H2,1H3,(H,18,19). The summed E-state index contributed by atoms with van der Waals surface area (Å²) < 4.78 is 1.33. The average Bonchev–Trinajstić information content (AvgIpc) is 3.03. The Balaban J connectivity index is 1.72. The van der Waals surface area contributed by atoms with Crippen LogP contribution >= 0.6 is 11.3 Å². The van der Waals surface area contributed by atoms with Gasteiger partial charge in [0.2, 0.25) is 0 Å². The van der Waals surface area contributed by atoms with Crippen molar-refractivity contribution in [2.75, 3.05) is 13.1 Å². The van der Waals surface area contributed by atoms with Gasteiger partial charge in [-0.3, -0.25) is 9.69 Å². The molecule has 3 rings (SSSR count). The molecule has 106 valence electrons. The maximum absolute atomic E-state index is 10.8. The number of rotatable bonds is 4. The normalized spacial score (nSPS) is 21.4. The first kappa shape index (κ1) is 13.6. The van der Waals surface area contributed by atoms with Crippen LogP contribution in [0.5, 0.6) is 0 Å². The Labute approximate surface area is 122 Å². The van der Waals surface area contributed by atoms with E-state index >= 15 is 0 Å². The largest absolute Gasteiger partial charge is 0.481 e. The van der Waals surface area contributed by atoms with Gasteiger partial charge in [0.25, 0.3) is 0 Å². The summed E-state index contributed by atoms with van der Waals surface area (Å²) in [6.45, 7) is 4.14. The molecular weight excluding hydrogens is 270 g/mol. The molecule has 1 saturated heterocycles. The van der Waals surface area contributed by atoms with Crippen molar-refractivity contribution in [1.82, 2.24) is 4.90 Å². The predicted octanol–water partition coefficient (Wildman–Crippen LogP) is 3.76. The molecule has 0 bridgehead atoms. The van der Waals surface area contributed by atoms with E-state index in [1.54, 1.807) is 0 Å². The van der Waals surface area contributed by atoms with Gasteiger partial charge in [-0.1, -0.05) is 18.2 Å². The van der Waals surface area contributed by atoms with E-state index in [2.05, 4.69) is 42.2 Å². The van der Waals surface area contributed by atoms with Gasteiger partial charge in [0.05, 0.1) is 0 Å². The second-order valence-electron chi connectivity index (χ2n) is 5.61. The smallest absolute Gasteiger partial charge is 0.303 e. The highest BCUT2D eigenvalue weighted by atomic mass is 32.1. The van der Waals surface area contributed by atoms with Crippen LogP contribution in [0.3, 0.4) is 0 Å². The molecule has 1 aliphatic heterocycles. The Bertz CT molecular complexity index is 589. The van der Waals surface area contributed by atoms with Crippen molar-refractivity contribution in [3.63, 3.8) is 0 Å². The summed E-state index contributed by atoms with van der Waals surface area (Å²) in [5, 5.41) is 10.2. The Hall–Kier alpha value is -1.39. The number of aliphatic carboxylic acids is 1. The second kappa shape index (κ2) is 5.54. The summed E-state index contributed by atoms with van der Waals surface area (Å²) in [6, 6.07) is 11.1. The lowest BCUT2D eigenvalue weighted by Crippen LogP contribution is -2.24. The number of nitrogens with zero attached hydrogens (tertiary/aromatic N) is 1. The van der Waals surface area contributed by atoms with Gasteiger partial charge in [0.15, 0.2) is 0 Å². The number of thiophene rings is 1. The van der Waals surface area contributed by atoms with Gasteiger partial charge in [-0.25, -0.2) is 0 Å². The highest BCUT2D eigenvalue weighted by Crippen LogP contribution is 2.35. The zero-order valence-corrected chi connectivity index (χ0v) is 12.4. The van der Waals surface area contributed by atoms with Crippen LogP contribution in [0.4, 0.5) is 0 Å². The van der Waals surface area contributed by atoms with Gasteiger partial charge in [0, 0.05) is 28.6 Å². The van der Waals surface area contributed by atoms with E-state index in [4.69, 9.17) is 5.11 Å². The third kappa shape index (κ3) is 2.72. The van der Waals surface area contributed by atoms with Crippen LogP contribution in [0, 0.1) is 5.92 Å². The average molecular weight is 289 g/mol. The number of carboxylic acids is 1. The molecule has 2 aromatic rings. The Morgan fingerprint density at radius 1 is 1.50 bits per heavy atom. The molecule has 2 atom stereocenters. The number of carboxylic acid groups (broad SMARTS) is 1. The fourth-order valence-electron chi connectivity index (χ4n) is 3.02. The van der Waals surface area contributed by atoms with Gasteiger partial charge >= 0.3 is 5.97 Å².